The molecule has 18 heavy (non-hydrogen) atoms. The Kier molecular flexibility index (Phi) is 4.02. The van der Waals surface area contributed by atoms with Crippen LogP contribution in [0.2, 0.25) is 0 Å². The van der Waals surface area contributed by atoms with Crippen molar-refractivity contribution >= 4 is 29.3 Å². The van der Waals surface area contributed by atoms with E-state index in [1.165, 1.54) is 0 Å². The molecule has 3 heteroatoms. The maximum atomic E-state index is 12.3. The average molecular weight is 259 g/mol. The zero-order chi connectivity index (χ0) is 13.1. The van der Waals surface area contributed by atoms with Crippen molar-refractivity contribution in [2.24, 2.45) is 5.92 Å². The molecule has 0 fully saturated rings. The van der Waals surface area contributed by atoms with Crippen LogP contribution < -0.4 is 0 Å². The molecule has 1 aromatic heterocycles. The highest BCUT2D eigenvalue weighted by Crippen LogP contribution is 2.24. The third kappa shape index (κ3) is 2.56. The first kappa shape index (κ1) is 13.1. The summed E-state index contributed by atoms with van der Waals surface area (Å²) >= 11 is 4.38. The number of aromatic nitrogens is 1. The summed E-state index contributed by atoms with van der Waals surface area (Å²) in [5, 5.41) is 0.901. The zero-order valence-corrected chi connectivity index (χ0v) is 11.6. The summed E-state index contributed by atoms with van der Waals surface area (Å²) in [4.78, 5) is 17.4. The van der Waals surface area contributed by atoms with Gasteiger partial charge in [0.1, 0.15) is 0 Å². The SMILES string of the molecule is CCC(C)CC(=O)c1ccnc2c(S)cccc12. The highest BCUT2D eigenvalue weighted by molar-refractivity contribution is 7.80. The summed E-state index contributed by atoms with van der Waals surface area (Å²) in [5.41, 5.74) is 1.56. The Morgan fingerprint density at radius 3 is 2.89 bits per heavy atom. The molecule has 2 aromatic rings. The Morgan fingerprint density at radius 1 is 1.39 bits per heavy atom. The Morgan fingerprint density at radius 2 is 2.17 bits per heavy atom. The molecule has 0 saturated heterocycles. The summed E-state index contributed by atoms with van der Waals surface area (Å²) in [6.07, 6.45) is 3.30. The molecule has 1 unspecified atom stereocenters. The lowest BCUT2D eigenvalue weighted by molar-refractivity contribution is 0.0965. The molecule has 0 aliphatic heterocycles. The van der Waals surface area contributed by atoms with E-state index in [0.29, 0.717) is 12.3 Å². The van der Waals surface area contributed by atoms with Gasteiger partial charge in [-0.2, -0.15) is 0 Å². The standard InChI is InChI=1S/C15H17NOS/c1-3-10(2)9-13(17)11-7-8-16-15-12(11)5-4-6-14(15)18/h4-8,10,18H,3,9H2,1-2H3. The van der Waals surface area contributed by atoms with Gasteiger partial charge in [-0.3, -0.25) is 9.78 Å². The van der Waals surface area contributed by atoms with Gasteiger partial charge >= 0.3 is 0 Å². The molecule has 2 rings (SSSR count). The minimum Gasteiger partial charge on any atom is -0.294 e. The van der Waals surface area contributed by atoms with Crippen LogP contribution in [0.15, 0.2) is 35.4 Å². The largest absolute Gasteiger partial charge is 0.294 e. The Labute approximate surface area is 113 Å². The van der Waals surface area contributed by atoms with Crippen LogP contribution in [0.4, 0.5) is 0 Å². The van der Waals surface area contributed by atoms with Crippen molar-refractivity contribution in [3.8, 4) is 0 Å². The summed E-state index contributed by atoms with van der Waals surface area (Å²) in [7, 11) is 0. The van der Waals surface area contributed by atoms with Crippen LogP contribution in [0, 0.1) is 5.92 Å². The van der Waals surface area contributed by atoms with E-state index in [1.807, 2.05) is 18.2 Å². The van der Waals surface area contributed by atoms with E-state index in [2.05, 4.69) is 31.5 Å². The van der Waals surface area contributed by atoms with Gasteiger partial charge < -0.3 is 0 Å². The van der Waals surface area contributed by atoms with E-state index in [1.54, 1.807) is 12.3 Å². The van der Waals surface area contributed by atoms with Gasteiger partial charge in [0.15, 0.2) is 5.78 Å². The van der Waals surface area contributed by atoms with Crippen molar-refractivity contribution in [3.63, 3.8) is 0 Å². The first-order valence-electron chi connectivity index (χ1n) is 6.23. The summed E-state index contributed by atoms with van der Waals surface area (Å²) in [6, 6.07) is 7.54. The van der Waals surface area contributed by atoms with E-state index in [9.17, 15) is 4.79 Å². The van der Waals surface area contributed by atoms with Crippen LogP contribution in [0.5, 0.6) is 0 Å². The van der Waals surface area contributed by atoms with E-state index in [-0.39, 0.29) is 5.78 Å². The second kappa shape index (κ2) is 5.53. The number of carbonyl (C=O) groups excluding carboxylic acids is 1. The number of nitrogens with zero attached hydrogens (tertiary/aromatic N) is 1. The molecule has 0 spiro atoms. The number of thiol groups is 1. The van der Waals surface area contributed by atoms with Crippen LogP contribution in [0.3, 0.4) is 0 Å². The zero-order valence-electron chi connectivity index (χ0n) is 10.7. The summed E-state index contributed by atoms with van der Waals surface area (Å²) < 4.78 is 0. The fourth-order valence-corrected chi connectivity index (χ4v) is 2.24. The highest BCUT2D eigenvalue weighted by Gasteiger charge is 2.14. The van der Waals surface area contributed by atoms with Crippen molar-refractivity contribution in [2.45, 2.75) is 31.6 Å². The van der Waals surface area contributed by atoms with Crippen molar-refractivity contribution in [1.82, 2.24) is 4.98 Å². The van der Waals surface area contributed by atoms with Crippen molar-refractivity contribution in [1.29, 1.82) is 0 Å². The number of hydrogen-bond donors (Lipinski definition) is 1. The number of fused-ring (bicyclic) bond motifs is 1. The van der Waals surface area contributed by atoms with Gasteiger partial charge in [-0.15, -0.1) is 12.6 Å². The molecule has 1 atom stereocenters. The molecule has 0 saturated carbocycles. The molecular weight excluding hydrogens is 242 g/mol. The normalized spacial score (nSPS) is 12.6. The van der Waals surface area contributed by atoms with Crippen LogP contribution in [0.25, 0.3) is 10.9 Å². The Bertz CT molecular complexity index is 580. The van der Waals surface area contributed by atoms with Crippen molar-refractivity contribution < 1.29 is 4.79 Å². The summed E-state index contributed by atoms with van der Waals surface area (Å²) in [6.45, 7) is 4.21. The predicted octanol–water partition coefficient (Wildman–Crippen LogP) is 4.14. The van der Waals surface area contributed by atoms with E-state index in [0.717, 1.165) is 27.8 Å². The number of hydrogen-bond acceptors (Lipinski definition) is 3. The summed E-state index contributed by atoms with van der Waals surface area (Å²) in [5.74, 6) is 0.607. The van der Waals surface area contributed by atoms with Gasteiger partial charge in [-0.1, -0.05) is 32.4 Å². The minimum absolute atomic E-state index is 0.190. The van der Waals surface area contributed by atoms with Gasteiger partial charge in [0, 0.05) is 28.5 Å². The topological polar surface area (TPSA) is 30.0 Å². The third-order valence-electron chi connectivity index (χ3n) is 3.28. The first-order valence-corrected chi connectivity index (χ1v) is 6.68. The van der Waals surface area contributed by atoms with E-state index < -0.39 is 0 Å². The highest BCUT2D eigenvalue weighted by atomic mass is 32.1. The van der Waals surface area contributed by atoms with Gasteiger partial charge in [-0.05, 0) is 18.1 Å². The number of Topliss-reactive ketones (excluding diaryl/α,β-unsaturated/α-hetero) is 1. The molecule has 94 valence electrons. The molecule has 0 amide bonds. The average Bonchev–Trinajstić information content (AvgIpc) is 2.38. The number of carbonyl (C=O) groups is 1. The van der Waals surface area contributed by atoms with Crippen LogP contribution in [0.1, 0.15) is 37.0 Å². The van der Waals surface area contributed by atoms with Gasteiger partial charge in [-0.25, -0.2) is 0 Å². The maximum Gasteiger partial charge on any atom is 0.163 e. The maximum absolute atomic E-state index is 12.3. The van der Waals surface area contributed by atoms with Crippen LogP contribution >= 0.6 is 12.6 Å². The number of ketones is 1. The number of pyridine rings is 1. The first-order chi connectivity index (χ1) is 8.63. The van der Waals surface area contributed by atoms with Gasteiger partial charge in [0.2, 0.25) is 0 Å². The fraction of sp³-hybridized carbons (Fsp3) is 0.333. The lowest BCUT2D eigenvalue weighted by atomic mass is 9.96. The van der Waals surface area contributed by atoms with Gasteiger partial charge in [0.05, 0.1) is 5.52 Å². The molecule has 0 radical (unpaired) electrons. The van der Waals surface area contributed by atoms with Crippen molar-refractivity contribution in [2.75, 3.05) is 0 Å². The molecular formula is C15H17NOS. The van der Waals surface area contributed by atoms with Crippen molar-refractivity contribution in [3.05, 3.63) is 36.0 Å². The smallest absolute Gasteiger partial charge is 0.163 e. The predicted molar refractivity (Wildman–Crippen MR) is 77.4 cm³/mol. The second-order valence-electron chi connectivity index (χ2n) is 4.67. The van der Waals surface area contributed by atoms with Crippen LogP contribution in [-0.2, 0) is 0 Å². The van der Waals surface area contributed by atoms with E-state index in [4.69, 9.17) is 0 Å². The van der Waals surface area contributed by atoms with E-state index >= 15 is 0 Å². The second-order valence-corrected chi connectivity index (χ2v) is 5.15. The molecule has 2 nitrogen and oxygen atoms in total. The molecule has 0 N–H and O–H groups in total. The van der Waals surface area contributed by atoms with Crippen LogP contribution in [-0.4, -0.2) is 10.8 Å². The third-order valence-corrected chi connectivity index (χ3v) is 3.64. The fourth-order valence-electron chi connectivity index (χ4n) is 1.97. The lowest BCUT2D eigenvalue weighted by Gasteiger charge is -2.09. The van der Waals surface area contributed by atoms with Gasteiger partial charge in [0.25, 0.3) is 0 Å². The Balaban J connectivity index is 2.45. The molecule has 1 aromatic carbocycles. The number of benzene rings is 1. The monoisotopic (exact) mass is 259 g/mol. The number of para-hydroxylation sites is 1. The molecule has 0 bridgehead atoms. The lowest BCUT2D eigenvalue weighted by Crippen LogP contribution is -2.06. The quantitative estimate of drug-likeness (QED) is 0.660. The molecule has 0 aliphatic carbocycles. The Hall–Kier alpha value is -1.35. The molecule has 1 heterocycles. The minimum atomic E-state index is 0.190. The number of rotatable bonds is 4. The molecule has 0 aliphatic rings.